The van der Waals surface area contributed by atoms with E-state index in [0.717, 1.165) is 28.8 Å². The Labute approximate surface area is 196 Å². The average Bonchev–Trinajstić information content (AvgIpc) is 3.39. The molecule has 0 saturated heterocycles. The van der Waals surface area contributed by atoms with Gasteiger partial charge in [0.2, 0.25) is 5.13 Å². The van der Waals surface area contributed by atoms with E-state index in [1.165, 1.54) is 48.2 Å². The molecule has 33 heavy (non-hydrogen) atoms. The van der Waals surface area contributed by atoms with Gasteiger partial charge in [0.25, 0.3) is 5.91 Å². The molecule has 0 saturated carbocycles. The molecule has 2 heterocycles. The first-order valence-corrected chi connectivity index (χ1v) is 13.4. The van der Waals surface area contributed by atoms with Crippen molar-refractivity contribution >= 4 is 43.1 Å². The summed E-state index contributed by atoms with van der Waals surface area (Å²) >= 11 is 1.55. The van der Waals surface area contributed by atoms with Crippen LogP contribution in [-0.2, 0) is 22.7 Å². The number of benzene rings is 2. The number of hydrogen-bond acceptors (Lipinski definition) is 6. The number of fused-ring (bicyclic) bond motifs is 2. The standard InChI is InChI=1S/C24H24N4O3S2/c1-3-33(30,31)19-10-8-16(9-11-19)23(29)26-22-12-15(2)27-28(22)24-25-20-13-17-6-4-5-7-18(17)14-21(20)32-24/h8-14H,3-7H2,1-2H3,(H,26,29). The molecule has 0 atom stereocenters. The summed E-state index contributed by atoms with van der Waals surface area (Å²) in [6, 6.07) is 12.2. The van der Waals surface area contributed by atoms with Crippen LogP contribution in [0.3, 0.4) is 0 Å². The Morgan fingerprint density at radius 1 is 1.09 bits per heavy atom. The van der Waals surface area contributed by atoms with Gasteiger partial charge in [-0.25, -0.2) is 13.4 Å². The Bertz CT molecular complexity index is 1420. The van der Waals surface area contributed by atoms with Gasteiger partial charge in [-0.05, 0) is 80.1 Å². The van der Waals surface area contributed by atoms with Crippen LogP contribution < -0.4 is 5.32 Å². The molecule has 1 aliphatic carbocycles. The van der Waals surface area contributed by atoms with Crippen molar-refractivity contribution in [3.05, 3.63) is 64.8 Å². The minimum Gasteiger partial charge on any atom is -0.306 e. The lowest BCUT2D eigenvalue weighted by molar-refractivity contribution is 0.102. The number of rotatable bonds is 5. The molecule has 9 heteroatoms. The second-order valence-corrected chi connectivity index (χ2v) is 11.5. The minimum atomic E-state index is -3.31. The van der Waals surface area contributed by atoms with Gasteiger partial charge in [0.1, 0.15) is 5.82 Å². The highest BCUT2D eigenvalue weighted by molar-refractivity contribution is 7.91. The van der Waals surface area contributed by atoms with Crippen molar-refractivity contribution in [1.82, 2.24) is 14.8 Å². The molecule has 0 spiro atoms. The van der Waals surface area contributed by atoms with E-state index in [4.69, 9.17) is 4.98 Å². The number of aromatic nitrogens is 3. The smallest absolute Gasteiger partial charge is 0.256 e. The van der Waals surface area contributed by atoms with Crippen molar-refractivity contribution < 1.29 is 13.2 Å². The first-order chi connectivity index (χ1) is 15.8. The van der Waals surface area contributed by atoms with E-state index in [2.05, 4.69) is 22.5 Å². The molecular formula is C24H24N4O3S2. The first-order valence-electron chi connectivity index (χ1n) is 11.0. The summed E-state index contributed by atoms with van der Waals surface area (Å²) < 4.78 is 26.8. The van der Waals surface area contributed by atoms with Gasteiger partial charge in [0, 0.05) is 11.6 Å². The number of nitrogens with zero attached hydrogens (tertiary/aromatic N) is 3. The summed E-state index contributed by atoms with van der Waals surface area (Å²) in [4.78, 5) is 17.9. The largest absolute Gasteiger partial charge is 0.306 e. The maximum absolute atomic E-state index is 12.9. The topological polar surface area (TPSA) is 94.0 Å². The minimum absolute atomic E-state index is 0.0160. The Balaban J connectivity index is 1.44. The summed E-state index contributed by atoms with van der Waals surface area (Å²) in [7, 11) is -3.31. The van der Waals surface area contributed by atoms with E-state index in [1.807, 2.05) is 6.92 Å². The second-order valence-electron chi connectivity index (χ2n) is 8.26. The Morgan fingerprint density at radius 2 is 1.79 bits per heavy atom. The summed E-state index contributed by atoms with van der Waals surface area (Å²) in [6.07, 6.45) is 4.65. The van der Waals surface area contributed by atoms with E-state index in [-0.39, 0.29) is 16.6 Å². The van der Waals surface area contributed by atoms with Gasteiger partial charge in [0.05, 0.1) is 26.6 Å². The number of amides is 1. The Morgan fingerprint density at radius 3 is 2.48 bits per heavy atom. The molecule has 170 valence electrons. The number of thiazole rings is 1. The van der Waals surface area contributed by atoms with Crippen LogP contribution in [0.1, 0.15) is 46.9 Å². The zero-order valence-corrected chi connectivity index (χ0v) is 20.1. The Kier molecular flexibility index (Phi) is 5.54. The fourth-order valence-electron chi connectivity index (χ4n) is 4.14. The predicted octanol–water partition coefficient (Wildman–Crippen LogP) is 4.72. The highest BCUT2D eigenvalue weighted by Gasteiger charge is 2.18. The molecule has 0 unspecified atom stereocenters. The van der Waals surface area contributed by atoms with Crippen molar-refractivity contribution in [3.63, 3.8) is 0 Å². The van der Waals surface area contributed by atoms with Gasteiger partial charge in [0.15, 0.2) is 9.84 Å². The Hall–Kier alpha value is -3.04. The van der Waals surface area contributed by atoms with E-state index in [9.17, 15) is 13.2 Å². The molecule has 2 aromatic heterocycles. The molecule has 7 nitrogen and oxygen atoms in total. The van der Waals surface area contributed by atoms with Crippen molar-refractivity contribution in [3.8, 4) is 5.13 Å². The molecule has 1 amide bonds. The molecule has 5 rings (SSSR count). The zero-order chi connectivity index (χ0) is 23.2. The van der Waals surface area contributed by atoms with Crippen LogP contribution in [0.25, 0.3) is 15.3 Å². The van der Waals surface area contributed by atoms with Crippen LogP contribution in [-0.4, -0.2) is 34.8 Å². The van der Waals surface area contributed by atoms with Crippen molar-refractivity contribution in [1.29, 1.82) is 0 Å². The van der Waals surface area contributed by atoms with Gasteiger partial charge in [-0.1, -0.05) is 18.3 Å². The number of hydrogen-bond donors (Lipinski definition) is 1. The maximum Gasteiger partial charge on any atom is 0.256 e. The fraction of sp³-hybridized carbons (Fsp3) is 0.292. The zero-order valence-electron chi connectivity index (χ0n) is 18.5. The highest BCUT2D eigenvalue weighted by atomic mass is 32.2. The lowest BCUT2D eigenvalue weighted by atomic mass is 9.92. The molecule has 1 aliphatic rings. The van der Waals surface area contributed by atoms with Crippen LogP contribution in [0.2, 0.25) is 0 Å². The number of carbonyl (C=O) groups is 1. The SMILES string of the molecule is CCS(=O)(=O)c1ccc(C(=O)Nc2cc(C)nn2-c2nc3cc4c(cc3s2)CCCC4)cc1. The molecule has 0 radical (unpaired) electrons. The molecular weight excluding hydrogens is 456 g/mol. The normalized spacial score (nSPS) is 13.8. The lowest BCUT2D eigenvalue weighted by Gasteiger charge is -2.14. The van der Waals surface area contributed by atoms with Gasteiger partial charge in [-0.15, -0.1) is 0 Å². The molecule has 0 aliphatic heterocycles. The van der Waals surface area contributed by atoms with Gasteiger partial charge >= 0.3 is 0 Å². The number of aryl methyl sites for hydroxylation is 3. The monoisotopic (exact) mass is 480 g/mol. The third-order valence-corrected chi connectivity index (χ3v) is 8.69. The molecule has 1 N–H and O–H groups in total. The number of carbonyl (C=O) groups excluding carboxylic acids is 1. The average molecular weight is 481 g/mol. The van der Waals surface area contributed by atoms with Crippen LogP contribution >= 0.6 is 11.3 Å². The van der Waals surface area contributed by atoms with Crippen LogP contribution in [0.5, 0.6) is 0 Å². The fourth-order valence-corrected chi connectivity index (χ4v) is 6.00. The summed E-state index contributed by atoms with van der Waals surface area (Å²) in [5.41, 5.74) is 4.86. The maximum atomic E-state index is 12.9. The van der Waals surface area contributed by atoms with Crippen molar-refractivity contribution in [2.75, 3.05) is 11.1 Å². The number of anilines is 1. The van der Waals surface area contributed by atoms with E-state index in [1.54, 1.807) is 29.0 Å². The third kappa shape index (κ3) is 4.18. The molecule has 2 aromatic carbocycles. The summed E-state index contributed by atoms with van der Waals surface area (Å²) in [5.74, 6) is 0.196. The number of sulfone groups is 1. The predicted molar refractivity (Wildman–Crippen MR) is 130 cm³/mol. The molecule has 0 fully saturated rings. The van der Waals surface area contributed by atoms with Crippen LogP contribution in [0.15, 0.2) is 47.4 Å². The summed E-state index contributed by atoms with van der Waals surface area (Å²) in [5, 5.41) is 8.14. The van der Waals surface area contributed by atoms with E-state index < -0.39 is 9.84 Å². The quantitative estimate of drug-likeness (QED) is 0.446. The van der Waals surface area contributed by atoms with Gasteiger partial charge < -0.3 is 5.32 Å². The lowest BCUT2D eigenvalue weighted by Crippen LogP contribution is -2.15. The third-order valence-electron chi connectivity index (χ3n) is 5.95. The van der Waals surface area contributed by atoms with E-state index in [0.29, 0.717) is 16.5 Å². The van der Waals surface area contributed by atoms with Gasteiger partial charge in [-0.2, -0.15) is 9.78 Å². The number of nitrogens with one attached hydrogen (secondary N) is 1. The summed E-state index contributed by atoms with van der Waals surface area (Å²) in [6.45, 7) is 3.46. The van der Waals surface area contributed by atoms with Crippen molar-refractivity contribution in [2.45, 2.75) is 44.4 Å². The highest BCUT2D eigenvalue weighted by Crippen LogP contribution is 2.32. The van der Waals surface area contributed by atoms with Crippen LogP contribution in [0, 0.1) is 6.92 Å². The second kappa shape index (κ2) is 8.39. The molecule has 0 bridgehead atoms. The van der Waals surface area contributed by atoms with Gasteiger partial charge in [-0.3, -0.25) is 4.79 Å². The van der Waals surface area contributed by atoms with Crippen molar-refractivity contribution in [2.24, 2.45) is 0 Å². The van der Waals surface area contributed by atoms with Crippen LogP contribution in [0.4, 0.5) is 5.82 Å². The first kappa shape index (κ1) is 21.8. The van der Waals surface area contributed by atoms with E-state index >= 15 is 0 Å². The molecule has 4 aromatic rings.